The van der Waals surface area contributed by atoms with Crippen LogP contribution in [0.15, 0.2) is 36.1 Å². The molecular weight excluding hydrogens is 216 g/mol. The van der Waals surface area contributed by atoms with Crippen molar-refractivity contribution in [3.8, 4) is 5.75 Å². The van der Waals surface area contributed by atoms with Crippen molar-refractivity contribution in [1.82, 2.24) is 0 Å². The molecule has 0 bridgehead atoms. The Hall–Kier alpha value is -1.48. The first-order valence-corrected chi connectivity index (χ1v) is 6.10. The number of aliphatic hydroxyl groups excluding tert-OH is 1. The molecule has 90 valence electrons. The van der Waals surface area contributed by atoms with E-state index in [0.717, 1.165) is 30.6 Å². The largest absolute Gasteiger partial charge is 0.495 e. The van der Waals surface area contributed by atoms with Gasteiger partial charge in [-0.25, -0.2) is 0 Å². The smallest absolute Gasteiger partial charge is 0.148 e. The van der Waals surface area contributed by atoms with Crippen LogP contribution in [0.4, 0.5) is 0 Å². The van der Waals surface area contributed by atoms with Crippen LogP contribution in [0.2, 0.25) is 0 Å². The zero-order chi connectivity index (χ0) is 11.7. The van der Waals surface area contributed by atoms with Crippen molar-refractivity contribution in [2.24, 2.45) is 0 Å². The van der Waals surface area contributed by atoms with E-state index in [9.17, 15) is 5.11 Å². The number of para-hydroxylation sites is 1. The molecule has 1 aromatic rings. The Labute approximate surface area is 101 Å². The molecular formula is C14H16O3. The summed E-state index contributed by atoms with van der Waals surface area (Å²) in [6.07, 6.45) is 3.87. The first-order chi connectivity index (χ1) is 8.34. The Morgan fingerprint density at radius 1 is 1.29 bits per heavy atom. The lowest BCUT2D eigenvalue weighted by atomic mass is 10.0. The molecule has 2 unspecified atom stereocenters. The van der Waals surface area contributed by atoms with Gasteiger partial charge in [0.1, 0.15) is 23.7 Å². The maximum atomic E-state index is 10.2. The third-order valence-electron chi connectivity index (χ3n) is 3.28. The van der Waals surface area contributed by atoms with E-state index < -0.39 is 6.10 Å². The van der Waals surface area contributed by atoms with Gasteiger partial charge in [-0.1, -0.05) is 18.2 Å². The Morgan fingerprint density at radius 3 is 2.94 bits per heavy atom. The second-order valence-electron chi connectivity index (χ2n) is 4.51. The molecule has 2 aliphatic heterocycles. The van der Waals surface area contributed by atoms with Crippen LogP contribution in [0.1, 0.15) is 18.4 Å². The van der Waals surface area contributed by atoms with Gasteiger partial charge < -0.3 is 14.6 Å². The number of benzene rings is 1. The fourth-order valence-corrected chi connectivity index (χ4v) is 2.35. The number of aliphatic hydroxyl groups is 1. The van der Waals surface area contributed by atoms with Gasteiger partial charge in [0, 0.05) is 6.42 Å². The summed E-state index contributed by atoms with van der Waals surface area (Å²) in [4.78, 5) is 0. The molecule has 17 heavy (non-hydrogen) atoms. The Morgan fingerprint density at radius 2 is 2.18 bits per heavy atom. The Balaban J connectivity index is 1.73. The van der Waals surface area contributed by atoms with Crippen LogP contribution < -0.4 is 4.74 Å². The van der Waals surface area contributed by atoms with E-state index >= 15 is 0 Å². The highest BCUT2D eigenvalue weighted by Crippen LogP contribution is 2.31. The van der Waals surface area contributed by atoms with E-state index in [-0.39, 0.29) is 6.10 Å². The third-order valence-corrected chi connectivity index (χ3v) is 3.28. The lowest BCUT2D eigenvalue weighted by Gasteiger charge is -2.23. The van der Waals surface area contributed by atoms with Crippen LogP contribution in [0, 0.1) is 0 Å². The molecule has 3 rings (SSSR count). The maximum Gasteiger partial charge on any atom is 0.148 e. The lowest BCUT2D eigenvalue weighted by molar-refractivity contribution is 0.0212. The highest BCUT2D eigenvalue weighted by molar-refractivity contribution is 5.38. The van der Waals surface area contributed by atoms with Gasteiger partial charge in [-0.3, -0.25) is 0 Å². The zero-order valence-electron chi connectivity index (χ0n) is 9.63. The highest BCUT2D eigenvalue weighted by atomic mass is 16.5. The summed E-state index contributed by atoms with van der Waals surface area (Å²) in [6.45, 7) is 0.697. The molecule has 1 aromatic carbocycles. The second-order valence-corrected chi connectivity index (χ2v) is 4.51. The SMILES string of the molecule is OC(C1=CCCCO1)C1Cc2ccccc2O1. The van der Waals surface area contributed by atoms with E-state index in [1.807, 2.05) is 30.3 Å². The molecule has 2 heterocycles. The summed E-state index contributed by atoms with van der Waals surface area (Å²) in [5, 5.41) is 10.2. The Kier molecular flexibility index (Phi) is 2.77. The minimum Gasteiger partial charge on any atom is -0.495 e. The van der Waals surface area contributed by atoms with Crippen LogP contribution in [-0.4, -0.2) is 23.9 Å². The minimum atomic E-state index is -0.650. The highest BCUT2D eigenvalue weighted by Gasteiger charge is 2.32. The standard InChI is InChI=1S/C14H16O3/c15-14(12-7-3-4-8-16-12)13-9-10-5-1-2-6-11(10)17-13/h1-2,5-7,13-15H,3-4,8-9H2. The summed E-state index contributed by atoms with van der Waals surface area (Å²) in [7, 11) is 0. The van der Waals surface area contributed by atoms with Gasteiger partial charge in [0.05, 0.1) is 6.61 Å². The molecule has 2 atom stereocenters. The molecule has 0 spiro atoms. The van der Waals surface area contributed by atoms with Crippen molar-refractivity contribution in [3.05, 3.63) is 41.7 Å². The Bertz CT molecular complexity index is 414. The van der Waals surface area contributed by atoms with Crippen molar-refractivity contribution >= 4 is 0 Å². The second kappa shape index (κ2) is 4.41. The van der Waals surface area contributed by atoms with Gasteiger partial charge in [-0.05, 0) is 30.5 Å². The predicted octanol–water partition coefficient (Wildman–Crippen LogP) is 2.05. The van der Waals surface area contributed by atoms with Crippen molar-refractivity contribution in [3.63, 3.8) is 0 Å². The third kappa shape index (κ3) is 2.03. The first kappa shape index (κ1) is 10.7. The summed E-state index contributed by atoms with van der Waals surface area (Å²) < 4.78 is 11.2. The number of hydrogen-bond acceptors (Lipinski definition) is 3. The van der Waals surface area contributed by atoms with Gasteiger partial charge in [-0.15, -0.1) is 0 Å². The summed E-state index contributed by atoms with van der Waals surface area (Å²) in [6, 6.07) is 7.92. The van der Waals surface area contributed by atoms with Crippen LogP contribution in [0.5, 0.6) is 5.75 Å². The fourth-order valence-electron chi connectivity index (χ4n) is 2.35. The number of allylic oxidation sites excluding steroid dienone is 1. The van der Waals surface area contributed by atoms with E-state index in [4.69, 9.17) is 9.47 Å². The summed E-state index contributed by atoms with van der Waals surface area (Å²) >= 11 is 0. The van der Waals surface area contributed by atoms with Gasteiger partial charge >= 0.3 is 0 Å². The minimum absolute atomic E-state index is 0.211. The quantitative estimate of drug-likeness (QED) is 0.848. The van der Waals surface area contributed by atoms with E-state index in [0.29, 0.717) is 12.4 Å². The van der Waals surface area contributed by atoms with Crippen LogP contribution in [-0.2, 0) is 11.2 Å². The molecule has 2 aliphatic rings. The average Bonchev–Trinajstić information content (AvgIpc) is 2.82. The van der Waals surface area contributed by atoms with Crippen LogP contribution in [0.3, 0.4) is 0 Å². The van der Waals surface area contributed by atoms with Crippen molar-refractivity contribution < 1.29 is 14.6 Å². The number of fused-ring (bicyclic) bond motifs is 1. The predicted molar refractivity (Wildman–Crippen MR) is 63.8 cm³/mol. The average molecular weight is 232 g/mol. The fraction of sp³-hybridized carbons (Fsp3) is 0.429. The van der Waals surface area contributed by atoms with E-state index in [1.165, 1.54) is 0 Å². The van der Waals surface area contributed by atoms with Crippen LogP contribution in [0.25, 0.3) is 0 Å². The molecule has 0 amide bonds. The molecule has 0 fully saturated rings. The van der Waals surface area contributed by atoms with Gasteiger partial charge in [0.25, 0.3) is 0 Å². The van der Waals surface area contributed by atoms with Gasteiger partial charge in [-0.2, -0.15) is 0 Å². The number of hydrogen-bond donors (Lipinski definition) is 1. The van der Waals surface area contributed by atoms with Crippen LogP contribution >= 0.6 is 0 Å². The molecule has 0 radical (unpaired) electrons. The number of ether oxygens (including phenoxy) is 2. The maximum absolute atomic E-state index is 10.2. The van der Waals surface area contributed by atoms with Crippen molar-refractivity contribution in [1.29, 1.82) is 0 Å². The molecule has 0 saturated heterocycles. The molecule has 3 heteroatoms. The van der Waals surface area contributed by atoms with E-state index in [2.05, 4.69) is 0 Å². The van der Waals surface area contributed by atoms with Crippen molar-refractivity contribution in [2.75, 3.05) is 6.61 Å². The summed E-state index contributed by atoms with van der Waals surface area (Å²) in [5.74, 6) is 1.56. The topological polar surface area (TPSA) is 38.7 Å². The molecule has 0 saturated carbocycles. The number of rotatable bonds is 2. The van der Waals surface area contributed by atoms with Crippen molar-refractivity contribution in [2.45, 2.75) is 31.5 Å². The molecule has 0 aromatic heterocycles. The first-order valence-electron chi connectivity index (χ1n) is 6.10. The molecule has 1 N–H and O–H groups in total. The van der Waals surface area contributed by atoms with Gasteiger partial charge in [0.15, 0.2) is 0 Å². The summed E-state index contributed by atoms with van der Waals surface area (Å²) in [5.41, 5.74) is 1.16. The molecule has 3 nitrogen and oxygen atoms in total. The lowest BCUT2D eigenvalue weighted by Crippen LogP contribution is -2.33. The van der Waals surface area contributed by atoms with E-state index in [1.54, 1.807) is 0 Å². The monoisotopic (exact) mass is 232 g/mol. The normalized spacial score (nSPS) is 24.3. The van der Waals surface area contributed by atoms with Gasteiger partial charge in [0.2, 0.25) is 0 Å². The molecule has 0 aliphatic carbocycles. The zero-order valence-corrected chi connectivity index (χ0v) is 9.63.